The molecule has 2 aromatic heterocycles. The highest BCUT2D eigenvalue weighted by atomic mass is 79.9. The number of nitrogens with zero attached hydrogens (tertiary/aromatic N) is 3. The van der Waals surface area contributed by atoms with Crippen LogP contribution in [0.5, 0.6) is 0 Å². The molecule has 0 amide bonds. The molecule has 3 aromatic rings. The van der Waals surface area contributed by atoms with E-state index in [1.807, 2.05) is 30.3 Å². The summed E-state index contributed by atoms with van der Waals surface area (Å²) >= 11 is 3.43. The summed E-state index contributed by atoms with van der Waals surface area (Å²) in [4.78, 5) is 15.9. The molecule has 0 fully saturated rings. The third-order valence-electron chi connectivity index (χ3n) is 2.63. The molecule has 94 valence electrons. The van der Waals surface area contributed by atoms with Crippen molar-refractivity contribution in [3.05, 3.63) is 47.2 Å². The molecule has 0 atom stereocenters. The van der Waals surface area contributed by atoms with Gasteiger partial charge in [-0.15, -0.1) is 0 Å². The van der Waals surface area contributed by atoms with Gasteiger partial charge in [0.1, 0.15) is 5.82 Å². The Labute approximate surface area is 118 Å². The SMILES string of the molecule is Nc1nc(-c2ncc[nH]2)nc(-c2ccccc2)c1Br. The number of aromatic nitrogens is 4. The van der Waals surface area contributed by atoms with Crippen molar-refractivity contribution in [2.45, 2.75) is 0 Å². The first-order chi connectivity index (χ1) is 9.25. The van der Waals surface area contributed by atoms with E-state index in [2.05, 4.69) is 35.9 Å². The number of nitrogens with two attached hydrogens (primary N) is 1. The molecule has 0 aliphatic rings. The van der Waals surface area contributed by atoms with Crippen molar-refractivity contribution in [1.29, 1.82) is 0 Å². The van der Waals surface area contributed by atoms with Crippen molar-refractivity contribution in [2.24, 2.45) is 0 Å². The minimum absolute atomic E-state index is 0.389. The summed E-state index contributed by atoms with van der Waals surface area (Å²) < 4.78 is 0.689. The summed E-state index contributed by atoms with van der Waals surface area (Å²) in [6.07, 6.45) is 3.37. The maximum absolute atomic E-state index is 5.93. The summed E-state index contributed by atoms with van der Waals surface area (Å²) in [5.41, 5.74) is 7.64. The van der Waals surface area contributed by atoms with Gasteiger partial charge in [0.05, 0.1) is 10.2 Å². The lowest BCUT2D eigenvalue weighted by molar-refractivity contribution is 1.12. The average molecular weight is 316 g/mol. The maximum Gasteiger partial charge on any atom is 0.198 e. The zero-order valence-corrected chi connectivity index (χ0v) is 11.4. The molecule has 3 rings (SSSR count). The molecule has 0 spiro atoms. The minimum Gasteiger partial charge on any atom is -0.383 e. The molecule has 0 saturated heterocycles. The van der Waals surface area contributed by atoms with Gasteiger partial charge in [0, 0.05) is 18.0 Å². The number of H-pyrrole nitrogens is 1. The maximum atomic E-state index is 5.93. The first-order valence-electron chi connectivity index (χ1n) is 5.64. The van der Waals surface area contributed by atoms with E-state index in [4.69, 9.17) is 5.73 Å². The highest BCUT2D eigenvalue weighted by Crippen LogP contribution is 2.31. The van der Waals surface area contributed by atoms with Gasteiger partial charge in [-0.1, -0.05) is 30.3 Å². The van der Waals surface area contributed by atoms with Gasteiger partial charge in [-0.2, -0.15) is 0 Å². The molecule has 0 unspecified atom stereocenters. The van der Waals surface area contributed by atoms with E-state index in [0.29, 0.717) is 21.9 Å². The highest BCUT2D eigenvalue weighted by molar-refractivity contribution is 9.10. The Morgan fingerprint density at radius 2 is 1.89 bits per heavy atom. The Kier molecular flexibility index (Phi) is 3.00. The molecule has 0 saturated carbocycles. The Balaban J connectivity index is 2.20. The largest absolute Gasteiger partial charge is 0.383 e. The number of anilines is 1. The number of hydrogen-bond acceptors (Lipinski definition) is 4. The minimum atomic E-state index is 0.389. The topological polar surface area (TPSA) is 80.5 Å². The summed E-state index contributed by atoms with van der Waals surface area (Å²) in [5.74, 6) is 1.46. The lowest BCUT2D eigenvalue weighted by atomic mass is 10.1. The van der Waals surface area contributed by atoms with Crippen LogP contribution in [0.2, 0.25) is 0 Å². The first-order valence-corrected chi connectivity index (χ1v) is 6.43. The molecule has 5 nitrogen and oxygen atoms in total. The molecule has 0 bridgehead atoms. The molecule has 2 heterocycles. The summed E-state index contributed by atoms with van der Waals surface area (Å²) in [6.45, 7) is 0. The fourth-order valence-electron chi connectivity index (χ4n) is 1.75. The van der Waals surface area contributed by atoms with E-state index in [1.165, 1.54) is 0 Å². The van der Waals surface area contributed by atoms with E-state index in [9.17, 15) is 0 Å². The van der Waals surface area contributed by atoms with Gasteiger partial charge < -0.3 is 10.7 Å². The molecule has 3 N–H and O–H groups in total. The summed E-state index contributed by atoms with van der Waals surface area (Å²) in [5, 5.41) is 0. The van der Waals surface area contributed by atoms with Gasteiger partial charge >= 0.3 is 0 Å². The van der Waals surface area contributed by atoms with Gasteiger partial charge in [0.2, 0.25) is 0 Å². The smallest absolute Gasteiger partial charge is 0.198 e. The lowest BCUT2D eigenvalue weighted by Gasteiger charge is -2.07. The third-order valence-corrected chi connectivity index (χ3v) is 3.42. The van der Waals surface area contributed by atoms with Crippen molar-refractivity contribution < 1.29 is 0 Å². The van der Waals surface area contributed by atoms with Crippen LogP contribution < -0.4 is 5.73 Å². The Bertz CT molecular complexity index is 695. The number of imidazole rings is 1. The van der Waals surface area contributed by atoms with E-state index >= 15 is 0 Å². The van der Waals surface area contributed by atoms with Crippen LogP contribution >= 0.6 is 15.9 Å². The number of hydrogen-bond donors (Lipinski definition) is 2. The lowest BCUT2D eigenvalue weighted by Crippen LogP contribution is -2.01. The predicted octanol–water partition coefficient (Wildman–Crippen LogP) is 2.88. The fourth-order valence-corrected chi connectivity index (χ4v) is 2.15. The number of nitrogen functional groups attached to an aromatic ring is 1. The van der Waals surface area contributed by atoms with Gasteiger partial charge in [-0.3, -0.25) is 0 Å². The van der Waals surface area contributed by atoms with Crippen LogP contribution in [0.3, 0.4) is 0 Å². The normalized spacial score (nSPS) is 10.6. The second kappa shape index (κ2) is 4.81. The number of rotatable bonds is 2. The van der Waals surface area contributed by atoms with Crippen LogP contribution in [0, 0.1) is 0 Å². The van der Waals surface area contributed by atoms with Crippen LogP contribution in [0.4, 0.5) is 5.82 Å². The van der Waals surface area contributed by atoms with Crippen molar-refractivity contribution in [2.75, 3.05) is 5.73 Å². The van der Waals surface area contributed by atoms with Crippen molar-refractivity contribution in [1.82, 2.24) is 19.9 Å². The highest BCUT2D eigenvalue weighted by Gasteiger charge is 2.14. The number of halogens is 1. The van der Waals surface area contributed by atoms with Crippen molar-refractivity contribution in [3.8, 4) is 22.9 Å². The zero-order valence-electron chi connectivity index (χ0n) is 9.84. The molecule has 0 aliphatic carbocycles. The van der Waals surface area contributed by atoms with Gasteiger partial charge in [-0.05, 0) is 15.9 Å². The average Bonchev–Trinajstić information content (AvgIpc) is 2.97. The monoisotopic (exact) mass is 315 g/mol. The second-order valence-corrected chi connectivity index (χ2v) is 4.69. The third kappa shape index (κ3) is 2.22. The molecule has 1 aromatic carbocycles. The predicted molar refractivity (Wildman–Crippen MR) is 77.2 cm³/mol. The molecule has 0 radical (unpaired) electrons. The molecular weight excluding hydrogens is 306 g/mol. The van der Waals surface area contributed by atoms with Crippen molar-refractivity contribution in [3.63, 3.8) is 0 Å². The zero-order chi connectivity index (χ0) is 13.2. The first kappa shape index (κ1) is 11.9. The van der Waals surface area contributed by atoms with Crippen LogP contribution in [-0.2, 0) is 0 Å². The van der Waals surface area contributed by atoms with E-state index < -0.39 is 0 Å². The van der Waals surface area contributed by atoms with Crippen LogP contribution in [0.15, 0.2) is 47.2 Å². The summed E-state index contributed by atoms with van der Waals surface area (Å²) in [6, 6.07) is 9.80. The van der Waals surface area contributed by atoms with E-state index in [1.54, 1.807) is 12.4 Å². The number of aromatic amines is 1. The number of nitrogens with one attached hydrogen (secondary N) is 1. The Hall–Kier alpha value is -2.21. The fraction of sp³-hybridized carbons (Fsp3) is 0. The van der Waals surface area contributed by atoms with Gasteiger partial charge in [0.25, 0.3) is 0 Å². The molecule has 6 heteroatoms. The van der Waals surface area contributed by atoms with E-state index in [-0.39, 0.29) is 0 Å². The van der Waals surface area contributed by atoms with Crippen LogP contribution in [0.1, 0.15) is 0 Å². The molecule has 19 heavy (non-hydrogen) atoms. The van der Waals surface area contributed by atoms with Gasteiger partial charge in [0.15, 0.2) is 11.6 Å². The van der Waals surface area contributed by atoms with Crippen molar-refractivity contribution >= 4 is 21.7 Å². The quantitative estimate of drug-likeness (QED) is 0.762. The summed E-state index contributed by atoms with van der Waals surface area (Å²) in [7, 11) is 0. The molecule has 0 aliphatic heterocycles. The number of benzene rings is 1. The van der Waals surface area contributed by atoms with Crippen LogP contribution in [-0.4, -0.2) is 19.9 Å². The second-order valence-electron chi connectivity index (χ2n) is 3.90. The molecular formula is C13H10BrN5. The Morgan fingerprint density at radius 1 is 1.11 bits per heavy atom. The van der Waals surface area contributed by atoms with E-state index in [0.717, 1.165) is 11.3 Å². The van der Waals surface area contributed by atoms with Gasteiger partial charge in [-0.25, -0.2) is 15.0 Å². The van der Waals surface area contributed by atoms with Crippen LogP contribution in [0.25, 0.3) is 22.9 Å². The standard InChI is InChI=1S/C13H10BrN5/c14-9-10(8-4-2-1-3-5-8)18-13(19-11(9)15)12-16-6-7-17-12/h1-7H,(H,16,17)(H2,15,18,19). The Morgan fingerprint density at radius 3 is 2.58 bits per heavy atom.